The monoisotopic (exact) mass is 311 g/mol. The largest absolute Gasteiger partial charge is 0.451 e. The van der Waals surface area contributed by atoms with Crippen LogP contribution in [0.2, 0.25) is 0 Å². The number of fused-ring (bicyclic) bond motifs is 1. The third-order valence-electron chi connectivity index (χ3n) is 3.79. The van der Waals surface area contributed by atoms with Crippen LogP contribution in [0.15, 0.2) is 36.7 Å². The number of nitrogens with zero attached hydrogens (tertiary/aromatic N) is 3. The Kier molecular flexibility index (Phi) is 4.06. The van der Waals surface area contributed by atoms with Crippen LogP contribution in [0.5, 0.6) is 0 Å². The number of hydrogen-bond acceptors (Lipinski definition) is 5. The van der Waals surface area contributed by atoms with E-state index in [2.05, 4.69) is 9.97 Å². The van der Waals surface area contributed by atoms with Crippen LogP contribution >= 0.6 is 0 Å². The number of para-hydroxylation sites is 1. The number of hydrogen-bond donors (Lipinski definition) is 0. The van der Waals surface area contributed by atoms with Crippen molar-refractivity contribution in [3.63, 3.8) is 0 Å². The van der Waals surface area contributed by atoms with E-state index in [1.165, 1.54) is 12.4 Å². The molecule has 0 saturated heterocycles. The Morgan fingerprint density at radius 1 is 1.26 bits per heavy atom. The summed E-state index contributed by atoms with van der Waals surface area (Å²) < 4.78 is 5.07. The first kappa shape index (κ1) is 15.1. The number of carbonyl (C=O) groups is 2. The minimum absolute atomic E-state index is 0.0535. The van der Waals surface area contributed by atoms with Gasteiger partial charge in [-0.25, -0.2) is 9.78 Å². The Morgan fingerprint density at radius 3 is 2.78 bits per heavy atom. The molecule has 2 aromatic rings. The summed E-state index contributed by atoms with van der Waals surface area (Å²) in [6.07, 6.45) is 3.63. The third-order valence-corrected chi connectivity index (χ3v) is 3.79. The second-order valence-electron chi connectivity index (χ2n) is 5.56. The lowest BCUT2D eigenvalue weighted by molar-refractivity contribution is -0.122. The predicted octanol–water partition coefficient (Wildman–Crippen LogP) is 1.92. The molecule has 0 bridgehead atoms. The first-order valence-electron chi connectivity index (χ1n) is 7.42. The van der Waals surface area contributed by atoms with Gasteiger partial charge in [-0.05, 0) is 31.9 Å². The molecule has 118 valence electrons. The Bertz CT molecular complexity index is 743. The quantitative estimate of drug-likeness (QED) is 0.810. The summed E-state index contributed by atoms with van der Waals surface area (Å²) >= 11 is 0. The van der Waals surface area contributed by atoms with Crippen LogP contribution in [0.4, 0.5) is 5.69 Å². The number of esters is 1. The van der Waals surface area contributed by atoms with E-state index in [1.54, 1.807) is 11.8 Å². The van der Waals surface area contributed by atoms with Gasteiger partial charge in [0.1, 0.15) is 0 Å². The highest BCUT2D eigenvalue weighted by molar-refractivity contribution is 5.98. The zero-order valence-electron chi connectivity index (χ0n) is 13.0. The molecule has 0 radical (unpaired) electrons. The van der Waals surface area contributed by atoms with Crippen LogP contribution in [0.3, 0.4) is 0 Å². The summed E-state index contributed by atoms with van der Waals surface area (Å²) in [6, 6.07) is 7.82. The number of anilines is 1. The predicted molar refractivity (Wildman–Crippen MR) is 84.1 cm³/mol. The van der Waals surface area contributed by atoms with E-state index in [9.17, 15) is 9.59 Å². The number of aromatic nitrogens is 2. The lowest BCUT2D eigenvalue weighted by atomic mass is 10.1. The van der Waals surface area contributed by atoms with Gasteiger partial charge in [0, 0.05) is 17.9 Å². The van der Waals surface area contributed by atoms with Crippen molar-refractivity contribution in [3.05, 3.63) is 53.6 Å². The van der Waals surface area contributed by atoms with E-state index in [0.717, 1.165) is 17.7 Å². The van der Waals surface area contributed by atoms with Gasteiger partial charge in [0.25, 0.3) is 5.91 Å². The maximum Gasteiger partial charge on any atom is 0.359 e. The molecule has 0 N–H and O–H groups in total. The van der Waals surface area contributed by atoms with Gasteiger partial charge in [-0.2, -0.15) is 0 Å². The number of aryl methyl sites for hydroxylation is 1. The fourth-order valence-corrected chi connectivity index (χ4v) is 2.71. The minimum Gasteiger partial charge on any atom is -0.451 e. The van der Waals surface area contributed by atoms with E-state index in [4.69, 9.17) is 4.74 Å². The Hall–Kier alpha value is -2.76. The third kappa shape index (κ3) is 3.06. The second-order valence-corrected chi connectivity index (χ2v) is 5.56. The molecule has 0 saturated carbocycles. The molecular weight excluding hydrogens is 294 g/mol. The molecule has 23 heavy (non-hydrogen) atoms. The van der Waals surface area contributed by atoms with E-state index in [0.29, 0.717) is 5.69 Å². The van der Waals surface area contributed by atoms with E-state index in [1.807, 2.05) is 31.2 Å². The minimum atomic E-state index is -0.647. The van der Waals surface area contributed by atoms with Gasteiger partial charge < -0.3 is 9.64 Å². The lowest BCUT2D eigenvalue weighted by Crippen LogP contribution is -2.38. The van der Waals surface area contributed by atoms with Gasteiger partial charge in [0.15, 0.2) is 12.3 Å². The molecule has 0 spiro atoms. The number of benzene rings is 1. The molecule has 1 aromatic heterocycles. The summed E-state index contributed by atoms with van der Waals surface area (Å²) in [4.78, 5) is 33.9. The summed E-state index contributed by atoms with van der Waals surface area (Å²) in [6.45, 7) is 3.44. The SMILES string of the molecule is Cc1cnc(C(=O)OCC(=O)N2c3ccccc3C[C@@H]2C)cn1. The standard InChI is InChI=1S/C17H17N3O3/c1-11-8-19-14(9-18-11)17(22)23-10-16(21)20-12(2)7-13-5-3-4-6-15(13)20/h3-6,8-9,12H,7,10H2,1-2H3/t12-/m0/s1. The molecule has 1 amide bonds. The number of ether oxygens (including phenoxy) is 1. The van der Waals surface area contributed by atoms with Crippen LogP contribution < -0.4 is 4.90 Å². The zero-order valence-corrected chi connectivity index (χ0v) is 13.0. The molecule has 3 rings (SSSR count). The van der Waals surface area contributed by atoms with Crippen LogP contribution in [-0.2, 0) is 16.0 Å². The number of rotatable bonds is 3. The fraction of sp³-hybridized carbons (Fsp3) is 0.294. The van der Waals surface area contributed by atoms with E-state index in [-0.39, 0.29) is 24.2 Å². The molecule has 1 aromatic carbocycles. The maximum atomic E-state index is 12.4. The van der Waals surface area contributed by atoms with E-state index < -0.39 is 5.97 Å². The van der Waals surface area contributed by atoms with Crippen molar-refractivity contribution in [3.8, 4) is 0 Å². The topological polar surface area (TPSA) is 72.4 Å². The first-order chi connectivity index (χ1) is 11.1. The molecular formula is C17H17N3O3. The summed E-state index contributed by atoms with van der Waals surface area (Å²) in [5.74, 6) is -0.887. The van der Waals surface area contributed by atoms with Crippen molar-refractivity contribution in [2.45, 2.75) is 26.3 Å². The van der Waals surface area contributed by atoms with Crippen molar-refractivity contribution in [2.24, 2.45) is 0 Å². The Balaban J connectivity index is 1.66. The smallest absolute Gasteiger partial charge is 0.359 e. The van der Waals surface area contributed by atoms with Crippen LogP contribution in [0.25, 0.3) is 0 Å². The molecule has 2 heterocycles. The average molecular weight is 311 g/mol. The number of amides is 1. The van der Waals surface area contributed by atoms with Crippen molar-refractivity contribution in [2.75, 3.05) is 11.5 Å². The highest BCUT2D eigenvalue weighted by Gasteiger charge is 2.31. The summed E-state index contributed by atoms with van der Waals surface area (Å²) in [5, 5.41) is 0. The van der Waals surface area contributed by atoms with Crippen LogP contribution in [0.1, 0.15) is 28.7 Å². The summed E-state index contributed by atoms with van der Waals surface area (Å²) in [7, 11) is 0. The Labute approximate surface area is 134 Å². The highest BCUT2D eigenvalue weighted by atomic mass is 16.5. The Morgan fingerprint density at radius 2 is 2.04 bits per heavy atom. The van der Waals surface area contributed by atoms with Gasteiger partial charge >= 0.3 is 5.97 Å². The molecule has 0 aliphatic carbocycles. The first-order valence-corrected chi connectivity index (χ1v) is 7.42. The lowest BCUT2D eigenvalue weighted by Gasteiger charge is -2.22. The second kappa shape index (κ2) is 6.16. The van der Waals surface area contributed by atoms with E-state index >= 15 is 0 Å². The molecule has 6 heteroatoms. The molecule has 1 aliphatic rings. The van der Waals surface area contributed by atoms with Crippen molar-refractivity contribution in [1.29, 1.82) is 0 Å². The fourth-order valence-electron chi connectivity index (χ4n) is 2.71. The zero-order chi connectivity index (χ0) is 16.4. The van der Waals surface area contributed by atoms with Gasteiger partial charge in [0.05, 0.1) is 11.9 Å². The number of carbonyl (C=O) groups excluding carboxylic acids is 2. The van der Waals surface area contributed by atoms with Gasteiger partial charge in [-0.15, -0.1) is 0 Å². The molecule has 0 unspecified atom stereocenters. The van der Waals surface area contributed by atoms with Gasteiger partial charge in [-0.3, -0.25) is 9.78 Å². The maximum absolute atomic E-state index is 12.4. The van der Waals surface area contributed by atoms with Crippen molar-refractivity contribution < 1.29 is 14.3 Å². The normalized spacial score (nSPS) is 16.1. The van der Waals surface area contributed by atoms with Crippen molar-refractivity contribution >= 4 is 17.6 Å². The van der Waals surface area contributed by atoms with Crippen LogP contribution in [0, 0.1) is 6.92 Å². The highest BCUT2D eigenvalue weighted by Crippen LogP contribution is 2.31. The average Bonchev–Trinajstić information content (AvgIpc) is 2.88. The molecule has 1 aliphatic heterocycles. The van der Waals surface area contributed by atoms with Gasteiger partial charge in [-0.1, -0.05) is 18.2 Å². The molecule has 0 fully saturated rings. The van der Waals surface area contributed by atoms with Gasteiger partial charge in [0.2, 0.25) is 0 Å². The van der Waals surface area contributed by atoms with Crippen LogP contribution in [-0.4, -0.2) is 34.5 Å². The molecule has 6 nitrogen and oxygen atoms in total. The van der Waals surface area contributed by atoms with Crippen molar-refractivity contribution in [1.82, 2.24) is 9.97 Å². The summed E-state index contributed by atoms with van der Waals surface area (Å²) in [5.41, 5.74) is 2.82. The molecule has 1 atom stereocenters.